The summed E-state index contributed by atoms with van der Waals surface area (Å²) in [6.45, 7) is 4.07. The largest absolute Gasteiger partial charge is 0.397 e. The Bertz CT molecular complexity index is 258. The SMILES string of the molecule is CC(C)c1nc(Cl)ccc1N. The van der Waals surface area contributed by atoms with E-state index in [0.717, 1.165) is 5.69 Å². The lowest BCUT2D eigenvalue weighted by Gasteiger charge is -2.07. The number of hydrogen-bond acceptors (Lipinski definition) is 2. The molecule has 0 aliphatic heterocycles. The third kappa shape index (κ3) is 1.84. The molecule has 11 heavy (non-hydrogen) atoms. The first kappa shape index (κ1) is 8.34. The van der Waals surface area contributed by atoms with Gasteiger partial charge in [-0.1, -0.05) is 25.4 Å². The zero-order chi connectivity index (χ0) is 8.43. The normalized spacial score (nSPS) is 10.5. The van der Waals surface area contributed by atoms with Gasteiger partial charge in [0, 0.05) is 0 Å². The van der Waals surface area contributed by atoms with Crippen LogP contribution in [0, 0.1) is 0 Å². The van der Waals surface area contributed by atoms with E-state index >= 15 is 0 Å². The van der Waals surface area contributed by atoms with Crippen LogP contribution < -0.4 is 5.73 Å². The van der Waals surface area contributed by atoms with Gasteiger partial charge in [0.05, 0.1) is 11.4 Å². The molecule has 3 heteroatoms. The summed E-state index contributed by atoms with van der Waals surface area (Å²) in [6, 6.07) is 3.48. The van der Waals surface area contributed by atoms with Gasteiger partial charge in [-0.3, -0.25) is 0 Å². The van der Waals surface area contributed by atoms with Crippen molar-refractivity contribution in [1.82, 2.24) is 4.98 Å². The van der Waals surface area contributed by atoms with E-state index < -0.39 is 0 Å². The highest BCUT2D eigenvalue weighted by Crippen LogP contribution is 2.20. The van der Waals surface area contributed by atoms with E-state index in [4.69, 9.17) is 17.3 Å². The number of pyridine rings is 1. The molecule has 1 aromatic rings. The summed E-state index contributed by atoms with van der Waals surface area (Å²) in [5, 5.41) is 0.503. The van der Waals surface area contributed by atoms with Crippen molar-refractivity contribution < 1.29 is 0 Å². The van der Waals surface area contributed by atoms with Gasteiger partial charge in [0.15, 0.2) is 0 Å². The maximum Gasteiger partial charge on any atom is 0.129 e. The fraction of sp³-hybridized carbons (Fsp3) is 0.375. The molecule has 1 rings (SSSR count). The average Bonchev–Trinajstić information content (AvgIpc) is 1.94. The van der Waals surface area contributed by atoms with Crippen molar-refractivity contribution in [2.45, 2.75) is 19.8 Å². The van der Waals surface area contributed by atoms with Crippen molar-refractivity contribution in [2.24, 2.45) is 0 Å². The lowest BCUT2D eigenvalue weighted by atomic mass is 10.1. The van der Waals surface area contributed by atoms with Crippen LogP contribution in [0.5, 0.6) is 0 Å². The van der Waals surface area contributed by atoms with E-state index in [-0.39, 0.29) is 0 Å². The van der Waals surface area contributed by atoms with Crippen LogP contribution in [0.15, 0.2) is 12.1 Å². The molecule has 0 amide bonds. The lowest BCUT2D eigenvalue weighted by molar-refractivity contribution is 0.827. The molecule has 60 valence electrons. The Morgan fingerprint density at radius 3 is 2.55 bits per heavy atom. The van der Waals surface area contributed by atoms with E-state index in [1.807, 2.05) is 13.8 Å². The fourth-order valence-electron chi connectivity index (χ4n) is 0.923. The molecule has 0 bridgehead atoms. The second-order valence-electron chi connectivity index (χ2n) is 2.76. The van der Waals surface area contributed by atoms with Gasteiger partial charge in [0.1, 0.15) is 5.15 Å². The van der Waals surface area contributed by atoms with Crippen molar-refractivity contribution in [1.29, 1.82) is 0 Å². The summed E-state index contributed by atoms with van der Waals surface area (Å²) in [7, 11) is 0. The molecule has 1 aromatic heterocycles. The van der Waals surface area contributed by atoms with Crippen LogP contribution in [0.3, 0.4) is 0 Å². The Balaban J connectivity index is 3.13. The van der Waals surface area contributed by atoms with Crippen molar-refractivity contribution in [2.75, 3.05) is 5.73 Å². The summed E-state index contributed by atoms with van der Waals surface area (Å²) in [4.78, 5) is 4.11. The van der Waals surface area contributed by atoms with Crippen molar-refractivity contribution in [3.05, 3.63) is 23.0 Å². The molecule has 0 fully saturated rings. The maximum atomic E-state index is 5.69. The highest BCUT2D eigenvalue weighted by atomic mass is 35.5. The molecule has 0 aliphatic rings. The number of aromatic nitrogens is 1. The van der Waals surface area contributed by atoms with Crippen LogP contribution in [0.1, 0.15) is 25.5 Å². The zero-order valence-corrected chi connectivity index (χ0v) is 7.39. The zero-order valence-electron chi connectivity index (χ0n) is 6.63. The first-order valence-corrected chi connectivity index (χ1v) is 3.91. The summed E-state index contributed by atoms with van der Waals surface area (Å²) < 4.78 is 0. The molecule has 2 N–H and O–H groups in total. The molecule has 0 radical (unpaired) electrons. The van der Waals surface area contributed by atoms with Gasteiger partial charge in [0.25, 0.3) is 0 Å². The molecule has 1 heterocycles. The van der Waals surface area contributed by atoms with Crippen LogP contribution in [0.4, 0.5) is 5.69 Å². The third-order valence-electron chi connectivity index (χ3n) is 1.47. The number of hydrogen-bond donors (Lipinski definition) is 1. The van der Waals surface area contributed by atoms with E-state index in [9.17, 15) is 0 Å². The molecule has 0 saturated heterocycles. The molecular weight excluding hydrogens is 160 g/mol. The predicted molar refractivity (Wildman–Crippen MR) is 47.7 cm³/mol. The highest BCUT2D eigenvalue weighted by Gasteiger charge is 2.05. The Hall–Kier alpha value is -0.760. The Morgan fingerprint density at radius 1 is 1.45 bits per heavy atom. The Labute approximate surface area is 71.4 Å². The monoisotopic (exact) mass is 170 g/mol. The first-order valence-electron chi connectivity index (χ1n) is 3.53. The van der Waals surface area contributed by atoms with Gasteiger partial charge in [0.2, 0.25) is 0 Å². The molecule has 2 nitrogen and oxygen atoms in total. The van der Waals surface area contributed by atoms with Crippen LogP contribution in [0.25, 0.3) is 0 Å². The molecule has 0 aromatic carbocycles. The first-order chi connectivity index (χ1) is 5.11. The van der Waals surface area contributed by atoms with Gasteiger partial charge in [-0.05, 0) is 18.1 Å². The van der Waals surface area contributed by atoms with Crippen LogP contribution >= 0.6 is 11.6 Å². The smallest absolute Gasteiger partial charge is 0.129 e. The summed E-state index contributed by atoms with van der Waals surface area (Å²) in [5.74, 6) is 0.327. The van der Waals surface area contributed by atoms with Crippen molar-refractivity contribution >= 4 is 17.3 Å². The highest BCUT2D eigenvalue weighted by molar-refractivity contribution is 6.29. The van der Waals surface area contributed by atoms with Gasteiger partial charge in [-0.25, -0.2) is 4.98 Å². The second-order valence-corrected chi connectivity index (χ2v) is 3.15. The van der Waals surface area contributed by atoms with E-state index in [0.29, 0.717) is 16.8 Å². The number of nitrogens with zero attached hydrogens (tertiary/aromatic N) is 1. The minimum Gasteiger partial charge on any atom is -0.397 e. The summed E-state index contributed by atoms with van der Waals surface area (Å²) >= 11 is 5.69. The van der Waals surface area contributed by atoms with Gasteiger partial charge in [-0.2, -0.15) is 0 Å². The number of rotatable bonds is 1. The minimum absolute atomic E-state index is 0.327. The van der Waals surface area contributed by atoms with E-state index in [2.05, 4.69) is 4.98 Å². The standard InChI is InChI=1S/C8H11ClN2/c1-5(2)8-6(10)3-4-7(9)11-8/h3-5H,10H2,1-2H3. The van der Waals surface area contributed by atoms with Crippen molar-refractivity contribution in [3.63, 3.8) is 0 Å². The number of anilines is 1. The number of nitrogen functional groups attached to an aromatic ring is 1. The fourth-order valence-corrected chi connectivity index (χ4v) is 1.08. The molecule has 0 saturated carbocycles. The predicted octanol–water partition coefficient (Wildman–Crippen LogP) is 2.44. The average molecular weight is 171 g/mol. The third-order valence-corrected chi connectivity index (χ3v) is 1.68. The van der Waals surface area contributed by atoms with E-state index in [1.54, 1.807) is 12.1 Å². The van der Waals surface area contributed by atoms with Gasteiger partial charge >= 0.3 is 0 Å². The topological polar surface area (TPSA) is 38.9 Å². The Kier molecular flexibility index (Phi) is 2.35. The van der Waals surface area contributed by atoms with Gasteiger partial charge < -0.3 is 5.73 Å². The number of nitrogens with two attached hydrogens (primary N) is 1. The molecular formula is C8H11ClN2. The van der Waals surface area contributed by atoms with Crippen molar-refractivity contribution in [3.8, 4) is 0 Å². The Morgan fingerprint density at radius 2 is 2.09 bits per heavy atom. The molecule has 0 unspecified atom stereocenters. The molecule has 0 spiro atoms. The van der Waals surface area contributed by atoms with Crippen LogP contribution in [0.2, 0.25) is 5.15 Å². The van der Waals surface area contributed by atoms with Crippen LogP contribution in [-0.4, -0.2) is 4.98 Å². The molecule has 0 atom stereocenters. The van der Waals surface area contributed by atoms with Gasteiger partial charge in [-0.15, -0.1) is 0 Å². The minimum atomic E-state index is 0.327. The van der Waals surface area contributed by atoms with E-state index in [1.165, 1.54) is 0 Å². The quantitative estimate of drug-likeness (QED) is 0.658. The summed E-state index contributed by atoms with van der Waals surface area (Å²) in [5.41, 5.74) is 7.25. The summed E-state index contributed by atoms with van der Waals surface area (Å²) in [6.07, 6.45) is 0. The maximum absolute atomic E-state index is 5.69. The lowest BCUT2D eigenvalue weighted by Crippen LogP contribution is -1.99. The second kappa shape index (κ2) is 3.09. The molecule has 0 aliphatic carbocycles. The number of halogens is 1. The van der Waals surface area contributed by atoms with Crippen LogP contribution in [-0.2, 0) is 0 Å².